The summed E-state index contributed by atoms with van der Waals surface area (Å²) in [5.41, 5.74) is 4.75. The van der Waals surface area contributed by atoms with E-state index < -0.39 is 0 Å². The van der Waals surface area contributed by atoms with E-state index in [0.717, 1.165) is 39.7 Å². The Labute approximate surface area is 165 Å². The molecule has 27 heavy (non-hydrogen) atoms. The van der Waals surface area contributed by atoms with E-state index in [1.807, 2.05) is 19.9 Å². The average molecular weight is 384 g/mol. The molecule has 1 aliphatic carbocycles. The van der Waals surface area contributed by atoms with E-state index >= 15 is 0 Å². The lowest BCUT2D eigenvalue weighted by atomic mass is 10.1. The number of thiazole rings is 1. The van der Waals surface area contributed by atoms with Crippen LogP contribution in [0.15, 0.2) is 42.5 Å². The van der Waals surface area contributed by atoms with Crippen molar-refractivity contribution in [3.8, 4) is 16.3 Å². The molecule has 4 heteroatoms. The van der Waals surface area contributed by atoms with E-state index in [1.165, 1.54) is 36.1 Å². The predicted molar refractivity (Wildman–Crippen MR) is 111 cm³/mol. The maximum Gasteiger partial charge on any atom is 0.123 e. The number of nitrogens with zero attached hydrogens (tertiary/aromatic N) is 1. The maximum absolute atomic E-state index is 13.4. The molecule has 142 valence electrons. The van der Waals surface area contributed by atoms with Crippen LogP contribution in [0.3, 0.4) is 0 Å². The van der Waals surface area contributed by atoms with Crippen molar-refractivity contribution in [3.63, 3.8) is 0 Å². The van der Waals surface area contributed by atoms with Crippen molar-refractivity contribution >= 4 is 11.3 Å². The Balaban J connectivity index is 0.00000102. The average Bonchev–Trinajstić information content (AvgIpc) is 3.30. The van der Waals surface area contributed by atoms with Crippen molar-refractivity contribution < 1.29 is 9.13 Å². The van der Waals surface area contributed by atoms with Crippen LogP contribution < -0.4 is 4.74 Å². The molecule has 0 N–H and O–H groups in total. The first-order chi connectivity index (χ1) is 13.2. The van der Waals surface area contributed by atoms with E-state index in [2.05, 4.69) is 30.1 Å². The van der Waals surface area contributed by atoms with Gasteiger partial charge >= 0.3 is 0 Å². The molecular formula is C23H26FNOS. The fraction of sp³-hybridized carbons (Fsp3) is 0.348. The molecule has 0 spiro atoms. The number of hydrogen-bond donors (Lipinski definition) is 0. The summed E-state index contributed by atoms with van der Waals surface area (Å²) in [4.78, 5) is 5.85. The molecular weight excluding hydrogens is 357 g/mol. The van der Waals surface area contributed by atoms with Gasteiger partial charge in [-0.1, -0.05) is 32.0 Å². The number of aryl methyl sites for hydroxylation is 3. The highest BCUT2D eigenvalue weighted by Crippen LogP contribution is 2.29. The van der Waals surface area contributed by atoms with Crippen molar-refractivity contribution in [1.29, 1.82) is 0 Å². The second-order valence-electron chi connectivity index (χ2n) is 6.41. The van der Waals surface area contributed by atoms with Crippen molar-refractivity contribution in [2.24, 2.45) is 0 Å². The zero-order valence-electron chi connectivity index (χ0n) is 16.2. The van der Waals surface area contributed by atoms with Crippen LogP contribution in [0.2, 0.25) is 0 Å². The highest BCUT2D eigenvalue weighted by molar-refractivity contribution is 7.15. The Morgan fingerprint density at radius 1 is 1.07 bits per heavy atom. The molecule has 1 aliphatic rings. The molecule has 2 nitrogen and oxygen atoms in total. The third-order valence-corrected chi connectivity index (χ3v) is 5.70. The molecule has 3 aromatic rings. The largest absolute Gasteiger partial charge is 0.493 e. The van der Waals surface area contributed by atoms with Gasteiger partial charge in [-0.3, -0.25) is 0 Å². The van der Waals surface area contributed by atoms with Crippen molar-refractivity contribution in [1.82, 2.24) is 4.98 Å². The van der Waals surface area contributed by atoms with Gasteiger partial charge in [0.1, 0.15) is 16.6 Å². The van der Waals surface area contributed by atoms with Gasteiger partial charge in [0.05, 0.1) is 12.3 Å². The van der Waals surface area contributed by atoms with Gasteiger partial charge in [0.15, 0.2) is 0 Å². The van der Waals surface area contributed by atoms with E-state index in [-0.39, 0.29) is 5.82 Å². The van der Waals surface area contributed by atoms with Crippen molar-refractivity contribution in [2.75, 3.05) is 6.61 Å². The molecule has 0 saturated carbocycles. The van der Waals surface area contributed by atoms with Crippen molar-refractivity contribution in [3.05, 3.63) is 70.0 Å². The molecule has 0 amide bonds. The summed E-state index contributed by atoms with van der Waals surface area (Å²) in [6, 6.07) is 13.0. The van der Waals surface area contributed by atoms with E-state index in [0.29, 0.717) is 6.61 Å². The first kappa shape index (κ1) is 19.6. The number of aromatic nitrogens is 1. The molecule has 0 atom stereocenters. The van der Waals surface area contributed by atoms with E-state index in [1.54, 1.807) is 17.4 Å². The number of fused-ring (bicyclic) bond motifs is 1. The summed E-state index contributed by atoms with van der Waals surface area (Å²) < 4.78 is 19.3. The van der Waals surface area contributed by atoms with Crippen molar-refractivity contribution in [2.45, 2.75) is 46.5 Å². The smallest absolute Gasteiger partial charge is 0.123 e. The molecule has 0 radical (unpaired) electrons. The Morgan fingerprint density at radius 3 is 2.70 bits per heavy atom. The molecule has 1 aromatic heterocycles. The zero-order valence-corrected chi connectivity index (χ0v) is 17.0. The number of ether oxygens (including phenoxy) is 1. The maximum atomic E-state index is 13.4. The lowest BCUT2D eigenvalue weighted by Crippen LogP contribution is -2.03. The van der Waals surface area contributed by atoms with Crippen LogP contribution in [0.1, 0.15) is 42.0 Å². The lowest BCUT2D eigenvalue weighted by molar-refractivity contribution is 0.320. The standard InChI is InChI=1S/C21H20FNOS.C2H6/c1-14-20(23-21(25-14)17-6-3-7-18(22)12-17)10-11-24-19-9-8-15-4-2-5-16(15)13-19;1-2/h3,6-9,12-13H,2,4-5,10-11H2,1H3;1-2H3. The second-order valence-corrected chi connectivity index (χ2v) is 7.62. The van der Waals surface area contributed by atoms with Crippen LogP contribution in [0.5, 0.6) is 5.75 Å². The summed E-state index contributed by atoms with van der Waals surface area (Å²) in [5.74, 6) is 0.714. The van der Waals surface area contributed by atoms with Gasteiger partial charge in [-0.25, -0.2) is 9.37 Å². The fourth-order valence-electron chi connectivity index (χ4n) is 3.31. The van der Waals surface area contributed by atoms with Crippen LogP contribution in [-0.2, 0) is 19.3 Å². The number of rotatable bonds is 5. The van der Waals surface area contributed by atoms with Crippen LogP contribution in [0, 0.1) is 12.7 Å². The summed E-state index contributed by atoms with van der Waals surface area (Å²) in [5, 5.41) is 0.865. The summed E-state index contributed by atoms with van der Waals surface area (Å²) >= 11 is 1.61. The summed E-state index contributed by atoms with van der Waals surface area (Å²) in [7, 11) is 0. The topological polar surface area (TPSA) is 22.1 Å². The van der Waals surface area contributed by atoms with Gasteiger partial charge in [-0.05, 0) is 61.6 Å². The molecule has 2 aromatic carbocycles. The Hall–Kier alpha value is -2.20. The highest BCUT2D eigenvalue weighted by atomic mass is 32.1. The number of halogens is 1. The first-order valence-corrected chi connectivity index (χ1v) is 10.5. The normalized spacial score (nSPS) is 12.3. The molecule has 1 heterocycles. The van der Waals surface area contributed by atoms with Crippen LogP contribution in [0.4, 0.5) is 4.39 Å². The minimum atomic E-state index is -0.230. The van der Waals surface area contributed by atoms with E-state index in [4.69, 9.17) is 4.74 Å². The molecule has 0 aliphatic heterocycles. The zero-order chi connectivity index (χ0) is 19.2. The number of hydrogen-bond acceptors (Lipinski definition) is 3. The van der Waals surface area contributed by atoms with Crippen LogP contribution in [-0.4, -0.2) is 11.6 Å². The third kappa shape index (κ3) is 4.75. The SMILES string of the molecule is CC.Cc1sc(-c2cccc(F)c2)nc1CCOc1ccc2c(c1)CCC2. The summed E-state index contributed by atoms with van der Waals surface area (Å²) in [6.07, 6.45) is 4.36. The quantitative estimate of drug-likeness (QED) is 0.509. The Bertz CT molecular complexity index is 903. The monoisotopic (exact) mass is 383 g/mol. The van der Waals surface area contributed by atoms with Gasteiger partial charge in [0, 0.05) is 16.9 Å². The summed E-state index contributed by atoms with van der Waals surface area (Å²) in [6.45, 7) is 6.66. The van der Waals surface area contributed by atoms with Gasteiger partial charge in [0.2, 0.25) is 0 Å². The molecule has 0 bridgehead atoms. The van der Waals surface area contributed by atoms with Gasteiger partial charge < -0.3 is 4.74 Å². The Kier molecular flexibility index (Phi) is 6.62. The molecule has 0 fully saturated rings. The van der Waals surface area contributed by atoms with Crippen LogP contribution in [0.25, 0.3) is 10.6 Å². The van der Waals surface area contributed by atoms with Gasteiger partial charge in [0.25, 0.3) is 0 Å². The highest BCUT2D eigenvalue weighted by Gasteiger charge is 2.12. The fourth-order valence-corrected chi connectivity index (χ4v) is 4.26. The van der Waals surface area contributed by atoms with E-state index in [9.17, 15) is 4.39 Å². The van der Waals surface area contributed by atoms with Gasteiger partial charge in [-0.2, -0.15) is 0 Å². The number of benzene rings is 2. The Morgan fingerprint density at radius 2 is 1.89 bits per heavy atom. The molecule has 0 saturated heterocycles. The minimum Gasteiger partial charge on any atom is -0.493 e. The predicted octanol–water partition coefficient (Wildman–Crippen LogP) is 6.39. The van der Waals surface area contributed by atoms with Gasteiger partial charge in [-0.15, -0.1) is 11.3 Å². The minimum absolute atomic E-state index is 0.230. The molecule has 4 rings (SSSR count). The lowest BCUT2D eigenvalue weighted by Gasteiger charge is -2.07. The second kappa shape index (κ2) is 9.14. The first-order valence-electron chi connectivity index (χ1n) is 9.66. The molecule has 0 unspecified atom stereocenters. The van der Waals surface area contributed by atoms with Crippen LogP contribution >= 0.6 is 11.3 Å². The third-order valence-electron chi connectivity index (χ3n) is 4.64.